The second kappa shape index (κ2) is 7.09. The maximum atomic E-state index is 4.67. The van der Waals surface area contributed by atoms with Gasteiger partial charge in [0.2, 0.25) is 0 Å². The largest absolute Gasteiger partial charge is 0.329 e. The third-order valence-corrected chi connectivity index (χ3v) is 5.55. The van der Waals surface area contributed by atoms with E-state index in [0.29, 0.717) is 6.04 Å². The Labute approximate surface area is 145 Å². The lowest BCUT2D eigenvalue weighted by Crippen LogP contribution is -2.41. The van der Waals surface area contributed by atoms with Crippen molar-refractivity contribution in [2.45, 2.75) is 66.6 Å². The Morgan fingerprint density at radius 2 is 1.96 bits per heavy atom. The Bertz CT molecular complexity index is 676. The Kier molecular flexibility index (Phi) is 5.09. The molecule has 0 bridgehead atoms. The molecule has 0 unspecified atom stereocenters. The van der Waals surface area contributed by atoms with E-state index in [4.69, 9.17) is 0 Å². The molecule has 1 atom stereocenters. The predicted octanol–water partition coefficient (Wildman–Crippen LogP) is 3.50. The van der Waals surface area contributed by atoms with E-state index in [0.717, 1.165) is 24.7 Å². The summed E-state index contributed by atoms with van der Waals surface area (Å²) in [7, 11) is 0. The summed E-state index contributed by atoms with van der Waals surface area (Å²) in [6.45, 7) is 15.4. The number of piperidine rings is 1. The molecule has 0 N–H and O–H groups in total. The summed E-state index contributed by atoms with van der Waals surface area (Å²) < 4.78 is 4.39. The summed E-state index contributed by atoms with van der Waals surface area (Å²) in [4.78, 5) is 7.06. The maximum Gasteiger partial charge on any atom is 0.0951 e. The van der Waals surface area contributed by atoms with Crippen LogP contribution in [0.2, 0.25) is 0 Å². The predicted molar refractivity (Wildman–Crippen MR) is 98.0 cm³/mol. The topological polar surface area (TPSA) is 38.9 Å². The summed E-state index contributed by atoms with van der Waals surface area (Å²) in [5, 5.41) is 4.67. The highest BCUT2D eigenvalue weighted by Gasteiger charge is 2.22. The molecule has 132 valence electrons. The van der Waals surface area contributed by atoms with Gasteiger partial charge in [-0.3, -0.25) is 9.58 Å². The summed E-state index contributed by atoms with van der Waals surface area (Å²) in [6, 6.07) is 0.535. The number of imidazole rings is 1. The minimum Gasteiger partial charge on any atom is -0.329 e. The van der Waals surface area contributed by atoms with E-state index in [1.54, 1.807) is 0 Å². The van der Waals surface area contributed by atoms with Crippen LogP contribution in [-0.2, 0) is 13.1 Å². The molecule has 1 aliphatic rings. The van der Waals surface area contributed by atoms with Crippen LogP contribution in [0.15, 0.2) is 12.5 Å². The molecule has 2 aromatic heterocycles. The molecule has 0 amide bonds. The Morgan fingerprint density at radius 1 is 1.25 bits per heavy atom. The molecule has 3 heterocycles. The van der Waals surface area contributed by atoms with Gasteiger partial charge in [-0.05, 0) is 59.5 Å². The van der Waals surface area contributed by atoms with Crippen LogP contribution >= 0.6 is 0 Å². The van der Waals surface area contributed by atoms with E-state index in [2.05, 4.69) is 58.9 Å². The molecule has 24 heavy (non-hydrogen) atoms. The lowest BCUT2D eigenvalue weighted by atomic mass is 9.98. The minimum absolute atomic E-state index is 0.535. The van der Waals surface area contributed by atoms with Gasteiger partial charge in [0, 0.05) is 30.4 Å². The second-order valence-electron chi connectivity index (χ2n) is 7.36. The molecule has 2 aromatic rings. The zero-order valence-corrected chi connectivity index (χ0v) is 15.8. The highest BCUT2D eigenvalue weighted by molar-refractivity contribution is 5.64. The number of aromatic nitrogens is 4. The highest BCUT2D eigenvalue weighted by Crippen LogP contribution is 2.27. The molecule has 1 fully saturated rings. The van der Waals surface area contributed by atoms with Gasteiger partial charge in [-0.15, -0.1) is 0 Å². The van der Waals surface area contributed by atoms with Crippen molar-refractivity contribution < 1.29 is 0 Å². The van der Waals surface area contributed by atoms with E-state index >= 15 is 0 Å². The summed E-state index contributed by atoms with van der Waals surface area (Å²) in [6.07, 6.45) is 6.60. The normalized spacial score (nSPS) is 18.2. The van der Waals surface area contributed by atoms with Gasteiger partial charge in [-0.2, -0.15) is 5.10 Å². The molecule has 0 aliphatic carbocycles. The smallest absolute Gasteiger partial charge is 0.0951 e. The van der Waals surface area contributed by atoms with Gasteiger partial charge in [0.05, 0.1) is 23.9 Å². The summed E-state index contributed by atoms with van der Waals surface area (Å²) in [5.41, 5.74) is 4.77. The average Bonchev–Trinajstić information content (AvgIpc) is 3.11. The van der Waals surface area contributed by atoms with Gasteiger partial charge < -0.3 is 4.57 Å². The van der Waals surface area contributed by atoms with Crippen molar-refractivity contribution in [2.75, 3.05) is 13.1 Å². The Balaban J connectivity index is 1.80. The molecule has 0 saturated carbocycles. The number of hydrogen-bond donors (Lipinski definition) is 0. The van der Waals surface area contributed by atoms with Gasteiger partial charge in [-0.25, -0.2) is 4.98 Å². The van der Waals surface area contributed by atoms with Crippen LogP contribution in [0.4, 0.5) is 0 Å². The van der Waals surface area contributed by atoms with E-state index < -0.39 is 0 Å². The van der Waals surface area contributed by atoms with Crippen molar-refractivity contribution in [3.05, 3.63) is 23.9 Å². The molecular weight excluding hydrogens is 298 g/mol. The summed E-state index contributed by atoms with van der Waals surface area (Å²) >= 11 is 0. The average molecular weight is 329 g/mol. The lowest BCUT2D eigenvalue weighted by Gasteiger charge is -2.35. The van der Waals surface area contributed by atoms with Crippen molar-refractivity contribution in [2.24, 2.45) is 5.92 Å². The minimum atomic E-state index is 0.535. The van der Waals surface area contributed by atoms with E-state index in [1.165, 1.54) is 42.9 Å². The van der Waals surface area contributed by atoms with Gasteiger partial charge in [0.15, 0.2) is 0 Å². The third kappa shape index (κ3) is 3.27. The van der Waals surface area contributed by atoms with Crippen molar-refractivity contribution in [1.82, 2.24) is 24.2 Å². The van der Waals surface area contributed by atoms with Crippen molar-refractivity contribution in [3.8, 4) is 11.3 Å². The van der Waals surface area contributed by atoms with E-state index in [1.807, 2.05) is 12.5 Å². The first-order valence-corrected chi connectivity index (χ1v) is 9.29. The Hall–Kier alpha value is -1.62. The van der Waals surface area contributed by atoms with Gasteiger partial charge in [0.25, 0.3) is 0 Å². The third-order valence-electron chi connectivity index (χ3n) is 5.55. The number of aryl methyl sites for hydroxylation is 2. The monoisotopic (exact) mass is 329 g/mol. The first kappa shape index (κ1) is 17.2. The molecule has 5 nitrogen and oxygen atoms in total. The molecule has 3 rings (SSSR count). The standard InChI is InChI=1S/C19H31N5/c1-6-24-17(5)19(16(4)21-24)18-11-20-13-23(18)12-15(3)22-9-7-14(2)8-10-22/h11,13-15H,6-10,12H2,1-5H3/t15-/m0/s1. The molecule has 0 aromatic carbocycles. The highest BCUT2D eigenvalue weighted by atomic mass is 15.3. The van der Waals surface area contributed by atoms with Crippen molar-refractivity contribution in [3.63, 3.8) is 0 Å². The quantitative estimate of drug-likeness (QED) is 0.843. The fourth-order valence-electron chi connectivity index (χ4n) is 3.92. The number of likely N-dealkylation sites (tertiary alicyclic amines) is 1. The zero-order chi connectivity index (χ0) is 17.3. The van der Waals surface area contributed by atoms with Crippen LogP contribution in [0.1, 0.15) is 45.0 Å². The molecule has 0 spiro atoms. The molecular formula is C19H31N5. The fraction of sp³-hybridized carbons (Fsp3) is 0.684. The van der Waals surface area contributed by atoms with E-state index in [-0.39, 0.29) is 0 Å². The Morgan fingerprint density at radius 3 is 2.58 bits per heavy atom. The second-order valence-corrected chi connectivity index (χ2v) is 7.36. The van der Waals surface area contributed by atoms with Crippen LogP contribution in [0.25, 0.3) is 11.3 Å². The van der Waals surface area contributed by atoms with E-state index in [9.17, 15) is 0 Å². The lowest BCUT2D eigenvalue weighted by molar-refractivity contribution is 0.135. The van der Waals surface area contributed by atoms with Crippen LogP contribution in [0.5, 0.6) is 0 Å². The van der Waals surface area contributed by atoms with Gasteiger partial charge in [-0.1, -0.05) is 6.92 Å². The number of hydrogen-bond acceptors (Lipinski definition) is 3. The molecule has 1 saturated heterocycles. The van der Waals surface area contributed by atoms with Crippen LogP contribution in [0, 0.1) is 19.8 Å². The van der Waals surface area contributed by atoms with Crippen LogP contribution in [0.3, 0.4) is 0 Å². The maximum absolute atomic E-state index is 4.67. The summed E-state index contributed by atoms with van der Waals surface area (Å²) in [5.74, 6) is 0.877. The van der Waals surface area contributed by atoms with Crippen molar-refractivity contribution in [1.29, 1.82) is 0 Å². The first-order chi connectivity index (χ1) is 11.5. The van der Waals surface area contributed by atoms with Crippen LogP contribution < -0.4 is 0 Å². The number of nitrogens with zero attached hydrogens (tertiary/aromatic N) is 5. The SMILES string of the molecule is CCn1nc(C)c(-c2cncn2C[C@H](C)N2CCC(C)CC2)c1C. The molecule has 5 heteroatoms. The first-order valence-electron chi connectivity index (χ1n) is 9.29. The van der Waals surface area contributed by atoms with Crippen LogP contribution in [-0.4, -0.2) is 43.4 Å². The molecule has 0 radical (unpaired) electrons. The molecule has 1 aliphatic heterocycles. The van der Waals surface area contributed by atoms with Crippen molar-refractivity contribution >= 4 is 0 Å². The van der Waals surface area contributed by atoms with Gasteiger partial charge >= 0.3 is 0 Å². The fourth-order valence-corrected chi connectivity index (χ4v) is 3.92. The van der Waals surface area contributed by atoms with Gasteiger partial charge in [0.1, 0.15) is 0 Å². The zero-order valence-electron chi connectivity index (χ0n) is 15.8. The number of rotatable bonds is 5.